The van der Waals surface area contributed by atoms with Crippen LogP contribution in [-0.4, -0.2) is 52.0 Å². The molecule has 4 rings (SSSR count). The average Bonchev–Trinajstić information content (AvgIpc) is 3.30. The van der Waals surface area contributed by atoms with Gasteiger partial charge in [-0.15, -0.1) is 11.3 Å². The van der Waals surface area contributed by atoms with Gasteiger partial charge < -0.3 is 15.2 Å². The van der Waals surface area contributed by atoms with Gasteiger partial charge in [0.2, 0.25) is 0 Å². The van der Waals surface area contributed by atoms with Crippen molar-refractivity contribution >= 4 is 39.9 Å². The highest BCUT2D eigenvalue weighted by molar-refractivity contribution is 7.09. The van der Waals surface area contributed by atoms with Crippen LogP contribution in [-0.2, 0) is 13.1 Å². The van der Waals surface area contributed by atoms with Crippen LogP contribution in [0, 0.1) is 0 Å². The quantitative estimate of drug-likeness (QED) is 0.719. The van der Waals surface area contributed by atoms with Gasteiger partial charge in [-0.25, -0.2) is 9.78 Å². The molecule has 2 aromatic heterocycles. The highest BCUT2D eigenvalue weighted by Gasteiger charge is 2.21. The van der Waals surface area contributed by atoms with Crippen LogP contribution in [0.4, 0.5) is 4.79 Å². The highest BCUT2D eigenvalue weighted by Crippen LogP contribution is 2.23. The Hall–Kier alpha value is -2.09. The van der Waals surface area contributed by atoms with Crippen molar-refractivity contribution in [2.45, 2.75) is 13.1 Å². The zero-order valence-corrected chi connectivity index (χ0v) is 15.8. The van der Waals surface area contributed by atoms with Gasteiger partial charge in [-0.2, -0.15) is 0 Å². The number of nitrogens with zero attached hydrogens (tertiary/aromatic N) is 3. The molecule has 1 fully saturated rings. The first-order chi connectivity index (χ1) is 12.7. The molecule has 8 heteroatoms. The van der Waals surface area contributed by atoms with Crippen molar-refractivity contribution in [2.24, 2.45) is 0 Å². The molecular formula is C18H20ClN5OS. The molecule has 136 valence electrons. The molecule has 0 atom stereocenters. The van der Waals surface area contributed by atoms with Gasteiger partial charge in [-0.05, 0) is 23.8 Å². The van der Waals surface area contributed by atoms with E-state index >= 15 is 0 Å². The van der Waals surface area contributed by atoms with Gasteiger partial charge in [0, 0.05) is 66.4 Å². The van der Waals surface area contributed by atoms with Crippen LogP contribution < -0.4 is 5.32 Å². The molecule has 0 saturated carbocycles. The number of aromatic nitrogens is 2. The maximum absolute atomic E-state index is 12.3. The van der Waals surface area contributed by atoms with Crippen molar-refractivity contribution in [3.05, 3.63) is 51.6 Å². The van der Waals surface area contributed by atoms with Gasteiger partial charge in [0.15, 0.2) is 0 Å². The molecule has 0 unspecified atom stereocenters. The zero-order valence-electron chi connectivity index (χ0n) is 14.2. The molecule has 6 nitrogen and oxygen atoms in total. The second kappa shape index (κ2) is 7.65. The molecule has 2 amide bonds. The number of carbonyl (C=O) groups excluding carboxylic acids is 1. The fourth-order valence-electron chi connectivity index (χ4n) is 3.23. The molecule has 3 aromatic rings. The number of rotatable bonds is 4. The number of fused-ring (bicyclic) bond motifs is 1. The van der Waals surface area contributed by atoms with Crippen LogP contribution in [0.25, 0.3) is 10.9 Å². The van der Waals surface area contributed by atoms with E-state index in [0.717, 1.165) is 48.3 Å². The smallest absolute Gasteiger partial charge is 0.317 e. The number of hydrogen-bond donors (Lipinski definition) is 2. The highest BCUT2D eigenvalue weighted by atomic mass is 35.5. The van der Waals surface area contributed by atoms with E-state index in [1.54, 1.807) is 17.5 Å². The molecule has 0 bridgehead atoms. The topological polar surface area (TPSA) is 64.3 Å². The monoisotopic (exact) mass is 389 g/mol. The van der Waals surface area contributed by atoms with E-state index in [2.05, 4.69) is 20.2 Å². The first kappa shape index (κ1) is 17.3. The number of carbonyl (C=O) groups is 1. The molecule has 1 aliphatic heterocycles. The number of aromatic amines is 1. The number of benzene rings is 1. The van der Waals surface area contributed by atoms with Crippen LogP contribution in [0.2, 0.25) is 5.02 Å². The Balaban J connectivity index is 1.30. The van der Waals surface area contributed by atoms with Crippen LogP contribution in [0.3, 0.4) is 0 Å². The number of H-pyrrole nitrogens is 1. The van der Waals surface area contributed by atoms with Crippen molar-refractivity contribution < 1.29 is 4.79 Å². The lowest BCUT2D eigenvalue weighted by atomic mass is 10.1. The Morgan fingerprint density at radius 1 is 1.31 bits per heavy atom. The van der Waals surface area contributed by atoms with Crippen molar-refractivity contribution in [3.63, 3.8) is 0 Å². The number of urea groups is 1. The zero-order chi connectivity index (χ0) is 17.9. The molecule has 26 heavy (non-hydrogen) atoms. The number of hydrogen-bond acceptors (Lipinski definition) is 4. The lowest BCUT2D eigenvalue weighted by Crippen LogP contribution is -2.51. The first-order valence-electron chi connectivity index (χ1n) is 8.58. The summed E-state index contributed by atoms with van der Waals surface area (Å²) in [5, 5.41) is 7.70. The molecule has 3 heterocycles. The number of thiazole rings is 1. The summed E-state index contributed by atoms with van der Waals surface area (Å²) in [7, 11) is 0. The average molecular weight is 390 g/mol. The van der Waals surface area contributed by atoms with Crippen LogP contribution in [0.5, 0.6) is 0 Å². The third-order valence-corrected chi connectivity index (χ3v) is 5.67. The summed E-state index contributed by atoms with van der Waals surface area (Å²) in [6.07, 6.45) is 3.80. The van der Waals surface area contributed by atoms with E-state index in [4.69, 9.17) is 11.6 Å². The molecule has 1 saturated heterocycles. The van der Waals surface area contributed by atoms with Gasteiger partial charge in [0.1, 0.15) is 5.01 Å². The Bertz CT molecular complexity index is 886. The van der Waals surface area contributed by atoms with Crippen LogP contribution in [0.1, 0.15) is 10.6 Å². The number of amides is 2. The maximum atomic E-state index is 12.3. The van der Waals surface area contributed by atoms with E-state index in [1.165, 1.54) is 10.9 Å². The summed E-state index contributed by atoms with van der Waals surface area (Å²) >= 11 is 7.68. The second-order valence-corrected chi connectivity index (χ2v) is 7.77. The second-order valence-electron chi connectivity index (χ2n) is 6.35. The van der Waals surface area contributed by atoms with Crippen molar-refractivity contribution in [1.29, 1.82) is 0 Å². The largest absolute Gasteiger partial charge is 0.361 e. The molecule has 1 aromatic carbocycles. The third kappa shape index (κ3) is 3.85. The normalized spacial score (nSPS) is 15.5. The summed E-state index contributed by atoms with van der Waals surface area (Å²) in [6, 6.07) is 5.89. The molecule has 0 aliphatic carbocycles. The van der Waals surface area contributed by atoms with E-state index in [1.807, 2.05) is 34.7 Å². The van der Waals surface area contributed by atoms with Gasteiger partial charge >= 0.3 is 6.03 Å². The SMILES string of the molecule is O=C(NCc1nccs1)N1CCN(Cc2c[nH]c3ccc(Cl)cc23)CC1. The number of piperazine rings is 1. The predicted octanol–water partition coefficient (Wildman–Crippen LogP) is 3.31. The van der Waals surface area contributed by atoms with Gasteiger partial charge in [0.05, 0.1) is 6.54 Å². The summed E-state index contributed by atoms with van der Waals surface area (Å²) < 4.78 is 0. The van der Waals surface area contributed by atoms with E-state index in [-0.39, 0.29) is 6.03 Å². The Labute approximate surface area is 160 Å². The van der Waals surface area contributed by atoms with E-state index in [9.17, 15) is 4.79 Å². The van der Waals surface area contributed by atoms with Crippen LogP contribution >= 0.6 is 22.9 Å². The van der Waals surface area contributed by atoms with Crippen molar-refractivity contribution in [3.8, 4) is 0 Å². The first-order valence-corrected chi connectivity index (χ1v) is 9.84. The molecule has 0 spiro atoms. The summed E-state index contributed by atoms with van der Waals surface area (Å²) in [5.41, 5.74) is 2.34. The molecule has 2 N–H and O–H groups in total. The lowest BCUT2D eigenvalue weighted by molar-refractivity contribution is 0.135. The minimum Gasteiger partial charge on any atom is -0.361 e. The Morgan fingerprint density at radius 3 is 2.92 bits per heavy atom. The summed E-state index contributed by atoms with van der Waals surface area (Å²) in [6.45, 7) is 4.52. The van der Waals surface area contributed by atoms with E-state index < -0.39 is 0 Å². The van der Waals surface area contributed by atoms with Gasteiger partial charge in [-0.3, -0.25) is 4.90 Å². The Kier molecular flexibility index (Phi) is 5.10. The minimum atomic E-state index is -0.0151. The summed E-state index contributed by atoms with van der Waals surface area (Å²) in [4.78, 5) is 24.0. The van der Waals surface area contributed by atoms with Gasteiger partial charge in [-0.1, -0.05) is 11.6 Å². The molecule has 0 radical (unpaired) electrons. The fraction of sp³-hybridized carbons (Fsp3) is 0.333. The van der Waals surface area contributed by atoms with E-state index in [0.29, 0.717) is 6.54 Å². The lowest BCUT2D eigenvalue weighted by Gasteiger charge is -2.34. The molecule has 1 aliphatic rings. The number of halogens is 1. The predicted molar refractivity (Wildman–Crippen MR) is 105 cm³/mol. The van der Waals surface area contributed by atoms with Crippen LogP contribution in [0.15, 0.2) is 36.0 Å². The number of nitrogens with one attached hydrogen (secondary N) is 2. The van der Waals surface area contributed by atoms with Gasteiger partial charge in [0.25, 0.3) is 0 Å². The standard InChI is InChI=1S/C18H20ClN5OS/c19-14-1-2-16-15(9-14)13(10-21-16)12-23-4-6-24(7-5-23)18(25)22-11-17-20-3-8-26-17/h1-3,8-10,21H,4-7,11-12H2,(H,22,25). The maximum Gasteiger partial charge on any atom is 0.317 e. The summed E-state index contributed by atoms with van der Waals surface area (Å²) in [5.74, 6) is 0. The molecular weight excluding hydrogens is 370 g/mol. The fourth-order valence-corrected chi connectivity index (χ4v) is 3.96. The van der Waals surface area contributed by atoms with Crippen molar-refractivity contribution in [1.82, 2.24) is 25.1 Å². The van der Waals surface area contributed by atoms with Crippen molar-refractivity contribution in [2.75, 3.05) is 26.2 Å². The Morgan fingerprint density at radius 2 is 2.15 bits per heavy atom. The minimum absolute atomic E-state index is 0.0151. The third-order valence-electron chi connectivity index (χ3n) is 4.66.